The van der Waals surface area contributed by atoms with Crippen LogP contribution >= 0.6 is 0 Å². The Morgan fingerprint density at radius 2 is 2.24 bits per heavy atom. The van der Waals surface area contributed by atoms with E-state index in [1.807, 2.05) is 6.08 Å². The largest absolute Gasteiger partial charge is 0.632 e. The lowest BCUT2D eigenvalue weighted by atomic mass is 9.85. The summed E-state index contributed by atoms with van der Waals surface area (Å²) in [5, 5.41) is 32.4. The highest BCUT2D eigenvalue weighted by Crippen LogP contribution is 2.36. The van der Waals surface area contributed by atoms with E-state index in [0.29, 0.717) is 13.1 Å². The Kier molecular flexibility index (Phi) is 4.44. The molecule has 0 spiro atoms. The summed E-state index contributed by atoms with van der Waals surface area (Å²) < 4.78 is 4.96. The number of quaternary nitrogens is 1. The molecule has 2 aliphatic rings. The zero-order chi connectivity index (χ0) is 15.8. The third kappa shape index (κ3) is 2.73. The molecule has 2 aliphatic heterocycles. The predicted molar refractivity (Wildman–Crippen MR) is 76.9 cm³/mol. The highest BCUT2D eigenvalue weighted by Gasteiger charge is 2.47. The van der Waals surface area contributed by atoms with Gasteiger partial charge in [0.25, 0.3) is 0 Å². The maximum Gasteiger partial charge on any atom is 0.341 e. The molecule has 0 aromatic heterocycles. The summed E-state index contributed by atoms with van der Waals surface area (Å²) in [6.45, 7) is 5.74. The number of hydrogen-bond acceptors (Lipinski definition) is 5. The molecule has 0 radical (unpaired) electrons. The first-order valence-electron chi connectivity index (χ1n) is 7.56. The van der Waals surface area contributed by atoms with Crippen molar-refractivity contribution in [3.63, 3.8) is 0 Å². The summed E-state index contributed by atoms with van der Waals surface area (Å²) in [5.41, 5.74) is -1.08. The van der Waals surface area contributed by atoms with Crippen LogP contribution in [0.4, 0.5) is 0 Å². The Morgan fingerprint density at radius 3 is 2.81 bits per heavy atom. The second-order valence-electron chi connectivity index (χ2n) is 6.53. The van der Waals surface area contributed by atoms with Gasteiger partial charge in [-0.2, -0.15) is 0 Å². The van der Waals surface area contributed by atoms with Gasteiger partial charge >= 0.3 is 5.97 Å². The first-order valence-corrected chi connectivity index (χ1v) is 7.56. The van der Waals surface area contributed by atoms with Crippen LogP contribution in [0, 0.1) is 11.1 Å². The average Bonchev–Trinajstić information content (AvgIpc) is 2.91. The molecule has 2 heterocycles. The molecular formula is C15H25NO5. The molecule has 0 aromatic rings. The summed E-state index contributed by atoms with van der Waals surface area (Å²) in [6.07, 6.45) is 2.34. The molecular weight excluding hydrogens is 274 g/mol. The number of ether oxygens (including phenoxy) is 1. The zero-order valence-corrected chi connectivity index (χ0v) is 12.9. The molecule has 0 saturated carbocycles. The van der Waals surface area contributed by atoms with Crippen LogP contribution in [-0.2, 0) is 9.53 Å². The fourth-order valence-electron chi connectivity index (χ4n) is 3.37. The number of rotatable bonds is 5. The maximum absolute atomic E-state index is 12.4. The molecule has 0 amide bonds. The van der Waals surface area contributed by atoms with Gasteiger partial charge in [-0.3, -0.25) is 0 Å². The lowest BCUT2D eigenvalue weighted by Gasteiger charge is -2.40. The predicted octanol–water partition coefficient (Wildman–Crippen LogP) is 0.714. The van der Waals surface area contributed by atoms with Crippen molar-refractivity contribution in [2.45, 2.75) is 51.4 Å². The molecule has 1 unspecified atom stereocenters. The normalized spacial score (nSPS) is 32.5. The van der Waals surface area contributed by atoms with Gasteiger partial charge in [0.2, 0.25) is 0 Å². The van der Waals surface area contributed by atoms with Crippen molar-refractivity contribution in [3.05, 3.63) is 16.9 Å². The number of fused-ring (bicyclic) bond motifs is 1. The van der Waals surface area contributed by atoms with Gasteiger partial charge in [-0.25, -0.2) is 4.79 Å². The van der Waals surface area contributed by atoms with Crippen molar-refractivity contribution in [1.29, 1.82) is 0 Å². The maximum atomic E-state index is 12.4. The lowest BCUT2D eigenvalue weighted by molar-refractivity contribution is -0.875. The second kappa shape index (κ2) is 5.68. The van der Waals surface area contributed by atoms with E-state index >= 15 is 0 Å². The number of hydrogen-bond donors (Lipinski definition) is 2. The molecule has 21 heavy (non-hydrogen) atoms. The zero-order valence-electron chi connectivity index (χ0n) is 12.9. The van der Waals surface area contributed by atoms with Gasteiger partial charge in [0.05, 0.1) is 19.2 Å². The van der Waals surface area contributed by atoms with Crippen molar-refractivity contribution in [1.82, 2.24) is 0 Å². The Morgan fingerprint density at radius 1 is 1.57 bits per heavy atom. The number of nitrogens with zero attached hydrogens (tertiary/aromatic N) is 1. The molecule has 6 nitrogen and oxygen atoms in total. The van der Waals surface area contributed by atoms with Crippen molar-refractivity contribution >= 4 is 5.97 Å². The van der Waals surface area contributed by atoms with Crippen LogP contribution in [0.3, 0.4) is 0 Å². The van der Waals surface area contributed by atoms with Gasteiger partial charge in [0.1, 0.15) is 12.6 Å². The monoisotopic (exact) mass is 299 g/mol. The summed E-state index contributed by atoms with van der Waals surface area (Å²) in [4.78, 5) is 12.1. The Balaban J connectivity index is 1.99. The minimum absolute atomic E-state index is 0.0213. The van der Waals surface area contributed by atoms with Crippen molar-refractivity contribution in [3.8, 4) is 0 Å². The molecule has 2 N–H and O–H groups in total. The first-order chi connectivity index (χ1) is 9.71. The molecule has 1 fully saturated rings. The highest BCUT2D eigenvalue weighted by atomic mass is 16.6. The van der Waals surface area contributed by atoms with Crippen LogP contribution < -0.4 is 0 Å². The molecule has 1 saturated heterocycles. The standard InChI is InChI=1S/C15H25NO5/c1-10(2)15(19,11(3)17)14(18)21-9-12-6-8-16(20)7-4-5-13(12)16/h6,10-11,13,17,19H,4-5,7-9H2,1-3H3/t11-,13+,15+,16?/m1/s1. The molecule has 0 aliphatic carbocycles. The summed E-state index contributed by atoms with van der Waals surface area (Å²) in [7, 11) is 0. The van der Waals surface area contributed by atoms with Gasteiger partial charge < -0.3 is 24.8 Å². The Bertz CT molecular complexity index is 437. The number of carbonyl (C=O) groups excluding carboxylic acids is 1. The third-order valence-corrected chi connectivity index (χ3v) is 4.89. The third-order valence-electron chi connectivity index (χ3n) is 4.89. The minimum atomic E-state index is -1.92. The Hall–Kier alpha value is -0.950. The van der Waals surface area contributed by atoms with E-state index in [1.54, 1.807) is 13.8 Å². The van der Waals surface area contributed by atoms with Crippen LogP contribution in [0.2, 0.25) is 0 Å². The van der Waals surface area contributed by atoms with Crippen molar-refractivity contribution < 1.29 is 24.4 Å². The summed E-state index contributed by atoms with van der Waals surface area (Å²) >= 11 is 0. The minimum Gasteiger partial charge on any atom is -0.632 e. The van der Waals surface area contributed by atoms with Crippen LogP contribution in [-0.4, -0.2) is 58.3 Å². The molecule has 120 valence electrons. The van der Waals surface area contributed by atoms with E-state index in [2.05, 4.69) is 0 Å². The number of hydroxylamine groups is 3. The van der Waals surface area contributed by atoms with Crippen LogP contribution in [0.5, 0.6) is 0 Å². The van der Waals surface area contributed by atoms with E-state index in [4.69, 9.17) is 4.74 Å². The first kappa shape index (κ1) is 16.4. The number of carbonyl (C=O) groups is 1. The van der Waals surface area contributed by atoms with Crippen LogP contribution in [0.15, 0.2) is 11.6 Å². The molecule has 0 bridgehead atoms. The van der Waals surface area contributed by atoms with E-state index in [-0.39, 0.29) is 17.3 Å². The van der Waals surface area contributed by atoms with Crippen molar-refractivity contribution in [2.75, 3.05) is 19.7 Å². The molecule has 6 heteroatoms. The fraction of sp³-hybridized carbons (Fsp3) is 0.800. The highest BCUT2D eigenvalue weighted by molar-refractivity contribution is 5.80. The molecule has 2 rings (SSSR count). The van der Waals surface area contributed by atoms with Gasteiger partial charge in [0.15, 0.2) is 5.60 Å². The topological polar surface area (TPSA) is 89.8 Å². The van der Waals surface area contributed by atoms with Crippen LogP contribution in [0.1, 0.15) is 33.6 Å². The van der Waals surface area contributed by atoms with Gasteiger partial charge in [-0.15, -0.1) is 0 Å². The second-order valence-corrected chi connectivity index (χ2v) is 6.53. The lowest BCUT2D eigenvalue weighted by Crippen LogP contribution is -2.53. The number of aliphatic hydroxyl groups is 2. The van der Waals surface area contributed by atoms with Gasteiger partial charge in [-0.05, 0) is 18.9 Å². The quantitative estimate of drug-likeness (QED) is 0.338. The van der Waals surface area contributed by atoms with Crippen LogP contribution in [0.25, 0.3) is 0 Å². The van der Waals surface area contributed by atoms with Gasteiger partial charge in [0, 0.05) is 18.4 Å². The van der Waals surface area contributed by atoms with Crippen molar-refractivity contribution in [2.24, 2.45) is 5.92 Å². The fourth-order valence-corrected chi connectivity index (χ4v) is 3.37. The van der Waals surface area contributed by atoms with E-state index in [0.717, 1.165) is 18.4 Å². The molecule has 4 atom stereocenters. The van der Waals surface area contributed by atoms with Gasteiger partial charge in [-0.1, -0.05) is 13.8 Å². The SMILES string of the molecule is CC(C)[C@@](O)(C(=O)OCC1=CC[N+]2([O-])CCC[C@@H]12)[C@@H](C)O. The summed E-state index contributed by atoms with van der Waals surface area (Å²) in [6, 6.07) is -0.114. The Labute approximate surface area is 125 Å². The van der Waals surface area contributed by atoms with E-state index in [9.17, 15) is 20.2 Å². The average molecular weight is 299 g/mol. The van der Waals surface area contributed by atoms with E-state index < -0.39 is 23.6 Å². The van der Waals surface area contributed by atoms with E-state index in [1.165, 1.54) is 6.92 Å². The number of esters is 1. The summed E-state index contributed by atoms with van der Waals surface area (Å²) in [5.74, 6) is -1.30. The molecule has 0 aromatic carbocycles. The smallest absolute Gasteiger partial charge is 0.341 e. The number of aliphatic hydroxyl groups excluding tert-OH is 1.